The molecule has 0 bridgehead atoms. The van der Waals surface area contributed by atoms with Crippen molar-refractivity contribution in [1.29, 1.82) is 0 Å². The highest BCUT2D eigenvalue weighted by atomic mass is 32.2. The molecule has 8 nitrogen and oxygen atoms in total. The van der Waals surface area contributed by atoms with Crippen LogP contribution in [0, 0.1) is 16.0 Å². The molecule has 1 atom stereocenters. The van der Waals surface area contributed by atoms with E-state index in [-0.39, 0.29) is 16.6 Å². The van der Waals surface area contributed by atoms with Gasteiger partial charge in [-0.05, 0) is 50.2 Å². The predicted molar refractivity (Wildman–Crippen MR) is 112 cm³/mol. The summed E-state index contributed by atoms with van der Waals surface area (Å²) < 4.78 is 32.9. The second kappa shape index (κ2) is 9.86. The largest absolute Gasteiger partial charge is 0.381 e. The van der Waals surface area contributed by atoms with E-state index in [2.05, 4.69) is 12.2 Å². The van der Waals surface area contributed by atoms with Gasteiger partial charge in [-0.1, -0.05) is 19.8 Å². The number of rotatable bonds is 7. The average Bonchev–Trinajstić information content (AvgIpc) is 3.02. The van der Waals surface area contributed by atoms with Crippen LogP contribution in [-0.4, -0.2) is 50.0 Å². The Labute approximate surface area is 172 Å². The second-order valence-corrected chi connectivity index (χ2v) is 9.80. The Hall–Kier alpha value is -1.71. The maximum atomic E-state index is 13.0. The van der Waals surface area contributed by atoms with Crippen molar-refractivity contribution in [1.82, 2.24) is 4.31 Å². The van der Waals surface area contributed by atoms with Gasteiger partial charge in [-0.25, -0.2) is 8.42 Å². The van der Waals surface area contributed by atoms with Gasteiger partial charge in [-0.2, -0.15) is 4.31 Å². The summed E-state index contributed by atoms with van der Waals surface area (Å²) in [6.07, 6.45) is 6.34. The topological polar surface area (TPSA) is 102 Å². The molecule has 2 aliphatic rings. The molecule has 2 heterocycles. The number of nitro groups is 1. The lowest BCUT2D eigenvalue weighted by atomic mass is 9.90. The van der Waals surface area contributed by atoms with E-state index in [4.69, 9.17) is 4.74 Å². The van der Waals surface area contributed by atoms with Crippen molar-refractivity contribution < 1.29 is 18.1 Å². The molecule has 0 saturated carbocycles. The summed E-state index contributed by atoms with van der Waals surface area (Å²) in [4.78, 5) is 11.2. The fraction of sp³-hybridized carbons (Fsp3) is 0.700. The van der Waals surface area contributed by atoms with Crippen molar-refractivity contribution in [3.8, 4) is 0 Å². The average molecular weight is 426 g/mol. The smallest absolute Gasteiger partial charge is 0.293 e. The predicted octanol–water partition coefficient (Wildman–Crippen LogP) is 3.78. The first-order valence-electron chi connectivity index (χ1n) is 10.6. The first-order valence-corrected chi connectivity index (χ1v) is 12.0. The zero-order chi connectivity index (χ0) is 20.9. The van der Waals surface area contributed by atoms with Crippen molar-refractivity contribution in [3.05, 3.63) is 28.3 Å². The highest BCUT2D eigenvalue weighted by Gasteiger charge is 2.29. The third kappa shape index (κ3) is 5.26. The van der Waals surface area contributed by atoms with E-state index in [1.807, 2.05) is 0 Å². The summed E-state index contributed by atoms with van der Waals surface area (Å²) in [5, 5.41) is 15.0. The van der Waals surface area contributed by atoms with Crippen LogP contribution in [0.2, 0.25) is 0 Å². The molecule has 0 aliphatic carbocycles. The van der Waals surface area contributed by atoms with Gasteiger partial charge in [0.25, 0.3) is 5.69 Å². The molecule has 0 spiro atoms. The van der Waals surface area contributed by atoms with Gasteiger partial charge >= 0.3 is 0 Å². The van der Waals surface area contributed by atoms with Gasteiger partial charge in [0.1, 0.15) is 5.69 Å². The fourth-order valence-corrected chi connectivity index (χ4v) is 5.78. The van der Waals surface area contributed by atoms with Gasteiger partial charge in [0.05, 0.1) is 9.82 Å². The lowest BCUT2D eigenvalue weighted by Crippen LogP contribution is -2.33. The van der Waals surface area contributed by atoms with E-state index in [0.29, 0.717) is 37.9 Å². The van der Waals surface area contributed by atoms with Crippen molar-refractivity contribution in [2.45, 2.75) is 62.8 Å². The SMILES string of the molecule is CC[C@@H](Nc1ccc(S(=O)(=O)N2CCCCCC2)cc1[N+](=O)[O-])C1CCOCC1. The Morgan fingerprint density at radius 2 is 1.86 bits per heavy atom. The maximum Gasteiger partial charge on any atom is 0.293 e. The highest BCUT2D eigenvalue weighted by Crippen LogP contribution is 2.32. The number of anilines is 1. The third-order valence-corrected chi connectivity index (χ3v) is 7.88. The fourth-order valence-electron chi connectivity index (χ4n) is 4.25. The number of nitrogens with zero attached hydrogens (tertiary/aromatic N) is 2. The molecule has 1 aromatic rings. The molecule has 0 radical (unpaired) electrons. The van der Waals surface area contributed by atoms with Crippen LogP contribution in [0.15, 0.2) is 23.1 Å². The lowest BCUT2D eigenvalue weighted by Gasteiger charge is -2.31. The van der Waals surface area contributed by atoms with Crippen LogP contribution in [0.5, 0.6) is 0 Å². The zero-order valence-electron chi connectivity index (χ0n) is 17.0. The van der Waals surface area contributed by atoms with Crippen LogP contribution in [-0.2, 0) is 14.8 Å². The Balaban J connectivity index is 1.85. The minimum absolute atomic E-state index is 0.00392. The number of hydrogen-bond donors (Lipinski definition) is 1. The van der Waals surface area contributed by atoms with Crippen LogP contribution in [0.3, 0.4) is 0 Å². The Morgan fingerprint density at radius 3 is 2.45 bits per heavy atom. The molecule has 0 aromatic heterocycles. The number of nitrogens with one attached hydrogen (secondary N) is 1. The van der Waals surface area contributed by atoms with Crippen LogP contribution in [0.25, 0.3) is 0 Å². The first kappa shape index (κ1) is 22.0. The van der Waals surface area contributed by atoms with Gasteiger partial charge in [0.2, 0.25) is 10.0 Å². The minimum Gasteiger partial charge on any atom is -0.381 e. The normalized spacial score (nSPS) is 20.7. The molecule has 1 N–H and O–H groups in total. The summed E-state index contributed by atoms with van der Waals surface area (Å²) in [6, 6.07) is 4.33. The standard InChI is InChI=1S/C20H31N3O5S/c1-2-18(16-9-13-28-14-10-16)21-19-8-7-17(15-20(19)23(24)25)29(26,27)22-11-5-3-4-6-12-22/h7-8,15-16,18,21H,2-6,9-14H2,1H3/t18-/m1/s1. The van der Waals surface area contributed by atoms with Gasteiger partial charge in [-0.3, -0.25) is 10.1 Å². The molecule has 9 heteroatoms. The number of ether oxygens (including phenoxy) is 1. The van der Waals surface area contributed by atoms with E-state index in [1.165, 1.54) is 16.4 Å². The molecule has 0 amide bonds. The summed E-state index contributed by atoms with van der Waals surface area (Å²) in [6.45, 7) is 4.41. The number of benzene rings is 1. The van der Waals surface area contributed by atoms with Crippen molar-refractivity contribution in [2.24, 2.45) is 5.92 Å². The van der Waals surface area contributed by atoms with E-state index in [0.717, 1.165) is 44.9 Å². The van der Waals surface area contributed by atoms with Crippen LogP contribution < -0.4 is 5.32 Å². The molecular weight excluding hydrogens is 394 g/mol. The van der Waals surface area contributed by atoms with E-state index < -0.39 is 14.9 Å². The van der Waals surface area contributed by atoms with Crippen LogP contribution >= 0.6 is 0 Å². The molecule has 29 heavy (non-hydrogen) atoms. The van der Waals surface area contributed by atoms with Crippen molar-refractivity contribution in [3.63, 3.8) is 0 Å². The minimum atomic E-state index is -3.73. The van der Waals surface area contributed by atoms with Gasteiger partial charge in [0, 0.05) is 38.4 Å². The maximum absolute atomic E-state index is 13.0. The number of nitro benzene ring substituents is 1. The van der Waals surface area contributed by atoms with Crippen LogP contribution in [0.1, 0.15) is 51.9 Å². The lowest BCUT2D eigenvalue weighted by molar-refractivity contribution is -0.384. The van der Waals surface area contributed by atoms with Gasteiger partial charge in [-0.15, -0.1) is 0 Å². The summed E-state index contributed by atoms with van der Waals surface area (Å²) in [7, 11) is -3.73. The third-order valence-electron chi connectivity index (χ3n) is 5.98. The van der Waals surface area contributed by atoms with Gasteiger partial charge in [0.15, 0.2) is 0 Å². The first-order chi connectivity index (χ1) is 13.9. The summed E-state index contributed by atoms with van der Waals surface area (Å²) in [5.74, 6) is 0.383. The quantitative estimate of drug-likeness (QED) is 0.527. The molecule has 3 rings (SSSR count). The second-order valence-electron chi connectivity index (χ2n) is 7.86. The molecule has 0 unspecified atom stereocenters. The summed E-state index contributed by atoms with van der Waals surface area (Å²) >= 11 is 0. The van der Waals surface area contributed by atoms with Crippen LogP contribution in [0.4, 0.5) is 11.4 Å². The zero-order valence-corrected chi connectivity index (χ0v) is 17.8. The number of sulfonamides is 1. The van der Waals surface area contributed by atoms with Gasteiger partial charge < -0.3 is 10.1 Å². The highest BCUT2D eigenvalue weighted by molar-refractivity contribution is 7.89. The van der Waals surface area contributed by atoms with E-state index in [9.17, 15) is 18.5 Å². The van der Waals surface area contributed by atoms with Crippen molar-refractivity contribution in [2.75, 3.05) is 31.6 Å². The Bertz CT molecular complexity index is 800. The Kier molecular flexibility index (Phi) is 7.48. The van der Waals surface area contributed by atoms with E-state index >= 15 is 0 Å². The van der Waals surface area contributed by atoms with Crippen molar-refractivity contribution >= 4 is 21.4 Å². The molecule has 2 saturated heterocycles. The summed E-state index contributed by atoms with van der Waals surface area (Å²) in [5.41, 5.74) is 0.189. The molecule has 2 aliphatic heterocycles. The number of hydrogen-bond acceptors (Lipinski definition) is 6. The molecule has 162 valence electrons. The van der Waals surface area contributed by atoms with E-state index in [1.54, 1.807) is 6.07 Å². The molecule has 2 fully saturated rings. The monoisotopic (exact) mass is 425 g/mol. The molecule has 1 aromatic carbocycles. The molecular formula is C20H31N3O5S. The Morgan fingerprint density at radius 1 is 1.21 bits per heavy atom.